The largest absolute Gasteiger partial charge is 0.268 e. The molecule has 0 aliphatic heterocycles. The molecular weight excluding hydrogens is 188 g/mol. The SMILES string of the molecule is Cc1ccc(-c2cn[nH]c(=O)c2)cc1C. The van der Waals surface area contributed by atoms with Crippen LogP contribution in [0.15, 0.2) is 35.3 Å². The highest BCUT2D eigenvalue weighted by Crippen LogP contribution is 2.19. The fourth-order valence-electron chi connectivity index (χ4n) is 1.46. The van der Waals surface area contributed by atoms with Gasteiger partial charge in [0.05, 0.1) is 6.20 Å². The van der Waals surface area contributed by atoms with Gasteiger partial charge in [0.15, 0.2) is 0 Å². The van der Waals surface area contributed by atoms with Gasteiger partial charge in [-0.05, 0) is 30.5 Å². The van der Waals surface area contributed by atoms with Crippen molar-refractivity contribution < 1.29 is 0 Å². The van der Waals surface area contributed by atoms with Gasteiger partial charge < -0.3 is 0 Å². The maximum absolute atomic E-state index is 11.1. The molecule has 0 aliphatic rings. The maximum atomic E-state index is 11.1. The number of benzene rings is 1. The predicted octanol–water partition coefficient (Wildman–Crippen LogP) is 2.05. The Labute approximate surface area is 87.8 Å². The van der Waals surface area contributed by atoms with Crippen LogP contribution in [-0.4, -0.2) is 10.2 Å². The summed E-state index contributed by atoms with van der Waals surface area (Å²) in [5.41, 5.74) is 4.16. The molecule has 0 unspecified atom stereocenters. The molecule has 1 N–H and O–H groups in total. The van der Waals surface area contributed by atoms with Crippen molar-refractivity contribution in [2.75, 3.05) is 0 Å². The highest BCUT2D eigenvalue weighted by Gasteiger charge is 2.00. The summed E-state index contributed by atoms with van der Waals surface area (Å²) < 4.78 is 0. The van der Waals surface area contributed by atoms with Gasteiger partial charge in [0.25, 0.3) is 5.56 Å². The minimum Gasteiger partial charge on any atom is -0.268 e. The lowest BCUT2D eigenvalue weighted by Crippen LogP contribution is -2.05. The summed E-state index contributed by atoms with van der Waals surface area (Å²) in [7, 11) is 0. The van der Waals surface area contributed by atoms with Crippen LogP contribution in [0.5, 0.6) is 0 Å². The molecule has 0 saturated carbocycles. The Hall–Kier alpha value is -1.90. The second kappa shape index (κ2) is 3.69. The number of hydrogen-bond acceptors (Lipinski definition) is 2. The third kappa shape index (κ3) is 1.96. The van der Waals surface area contributed by atoms with Gasteiger partial charge in [-0.25, -0.2) is 5.10 Å². The third-order valence-electron chi connectivity index (χ3n) is 2.51. The van der Waals surface area contributed by atoms with Crippen molar-refractivity contribution in [3.05, 3.63) is 51.9 Å². The summed E-state index contributed by atoms with van der Waals surface area (Å²) >= 11 is 0. The van der Waals surface area contributed by atoms with Crippen LogP contribution in [0.4, 0.5) is 0 Å². The normalized spacial score (nSPS) is 10.3. The van der Waals surface area contributed by atoms with Crippen LogP contribution < -0.4 is 5.56 Å². The molecule has 2 aromatic rings. The molecule has 0 atom stereocenters. The molecule has 0 aliphatic carbocycles. The average molecular weight is 200 g/mol. The summed E-state index contributed by atoms with van der Waals surface area (Å²) in [5.74, 6) is 0. The molecule has 1 aromatic carbocycles. The lowest BCUT2D eigenvalue weighted by Gasteiger charge is -2.04. The zero-order valence-electron chi connectivity index (χ0n) is 8.74. The molecule has 76 valence electrons. The molecule has 1 heterocycles. The molecule has 0 radical (unpaired) electrons. The number of aryl methyl sites for hydroxylation is 2. The van der Waals surface area contributed by atoms with Crippen LogP contribution in [0.25, 0.3) is 11.1 Å². The van der Waals surface area contributed by atoms with Crippen molar-refractivity contribution in [2.24, 2.45) is 0 Å². The van der Waals surface area contributed by atoms with E-state index in [2.05, 4.69) is 30.1 Å². The highest BCUT2D eigenvalue weighted by atomic mass is 16.1. The van der Waals surface area contributed by atoms with Gasteiger partial charge in [-0.1, -0.05) is 18.2 Å². The zero-order chi connectivity index (χ0) is 10.8. The molecule has 1 aromatic heterocycles. The van der Waals surface area contributed by atoms with Crippen LogP contribution in [-0.2, 0) is 0 Å². The molecule has 0 saturated heterocycles. The number of hydrogen-bond donors (Lipinski definition) is 1. The molecule has 0 amide bonds. The fraction of sp³-hybridized carbons (Fsp3) is 0.167. The molecule has 3 nitrogen and oxygen atoms in total. The zero-order valence-corrected chi connectivity index (χ0v) is 8.74. The van der Waals surface area contributed by atoms with Crippen LogP contribution in [0.1, 0.15) is 11.1 Å². The first-order valence-electron chi connectivity index (χ1n) is 4.79. The number of H-pyrrole nitrogens is 1. The van der Waals surface area contributed by atoms with Crippen molar-refractivity contribution in [1.29, 1.82) is 0 Å². The second-order valence-corrected chi connectivity index (χ2v) is 3.63. The monoisotopic (exact) mass is 200 g/mol. The first-order valence-corrected chi connectivity index (χ1v) is 4.79. The Morgan fingerprint density at radius 3 is 2.53 bits per heavy atom. The van der Waals surface area contributed by atoms with Crippen LogP contribution in [0.2, 0.25) is 0 Å². The van der Waals surface area contributed by atoms with Gasteiger partial charge in [0, 0.05) is 11.6 Å². The van der Waals surface area contributed by atoms with Gasteiger partial charge in [-0.3, -0.25) is 4.79 Å². The Morgan fingerprint density at radius 1 is 1.07 bits per heavy atom. The van der Waals surface area contributed by atoms with Crippen molar-refractivity contribution in [1.82, 2.24) is 10.2 Å². The summed E-state index contributed by atoms with van der Waals surface area (Å²) in [4.78, 5) is 11.1. The molecule has 0 bridgehead atoms. The van der Waals surface area contributed by atoms with Crippen LogP contribution >= 0.6 is 0 Å². The third-order valence-corrected chi connectivity index (χ3v) is 2.51. The van der Waals surface area contributed by atoms with E-state index in [0.29, 0.717) is 0 Å². The summed E-state index contributed by atoms with van der Waals surface area (Å²) in [6.45, 7) is 4.12. The maximum Gasteiger partial charge on any atom is 0.264 e. The number of rotatable bonds is 1. The standard InChI is InChI=1S/C12H12N2O/c1-8-3-4-10(5-9(8)2)11-6-12(15)14-13-7-11/h3-7H,1-2H3,(H,14,15). The van der Waals surface area contributed by atoms with E-state index >= 15 is 0 Å². The Kier molecular flexibility index (Phi) is 2.37. The van der Waals surface area contributed by atoms with Crippen LogP contribution in [0.3, 0.4) is 0 Å². The van der Waals surface area contributed by atoms with E-state index < -0.39 is 0 Å². The van der Waals surface area contributed by atoms with E-state index in [-0.39, 0.29) is 5.56 Å². The number of nitrogens with zero attached hydrogens (tertiary/aromatic N) is 1. The fourth-order valence-corrected chi connectivity index (χ4v) is 1.46. The van der Waals surface area contributed by atoms with Crippen molar-refractivity contribution in [3.8, 4) is 11.1 Å². The van der Waals surface area contributed by atoms with E-state index in [1.54, 1.807) is 12.3 Å². The van der Waals surface area contributed by atoms with E-state index in [0.717, 1.165) is 11.1 Å². The van der Waals surface area contributed by atoms with Crippen molar-refractivity contribution in [2.45, 2.75) is 13.8 Å². The van der Waals surface area contributed by atoms with E-state index in [9.17, 15) is 4.79 Å². The second-order valence-electron chi connectivity index (χ2n) is 3.63. The van der Waals surface area contributed by atoms with Crippen molar-refractivity contribution >= 4 is 0 Å². The van der Waals surface area contributed by atoms with Gasteiger partial charge in [-0.15, -0.1) is 0 Å². The molecular formula is C12H12N2O. The minimum absolute atomic E-state index is 0.175. The van der Waals surface area contributed by atoms with Crippen molar-refractivity contribution in [3.63, 3.8) is 0 Å². The van der Waals surface area contributed by atoms with Gasteiger partial charge in [0.1, 0.15) is 0 Å². The van der Waals surface area contributed by atoms with Crippen LogP contribution in [0, 0.1) is 13.8 Å². The smallest absolute Gasteiger partial charge is 0.264 e. The predicted molar refractivity (Wildman–Crippen MR) is 59.8 cm³/mol. The van der Waals surface area contributed by atoms with E-state index in [1.807, 2.05) is 12.1 Å². The molecule has 2 rings (SSSR count). The lowest BCUT2D eigenvalue weighted by atomic mass is 10.0. The number of aromatic nitrogens is 2. The van der Waals surface area contributed by atoms with Gasteiger partial charge in [0.2, 0.25) is 0 Å². The Balaban J connectivity index is 2.55. The van der Waals surface area contributed by atoms with Gasteiger partial charge in [-0.2, -0.15) is 5.10 Å². The van der Waals surface area contributed by atoms with E-state index in [1.165, 1.54) is 11.1 Å². The topological polar surface area (TPSA) is 45.8 Å². The molecule has 0 fully saturated rings. The minimum atomic E-state index is -0.175. The Bertz CT molecular complexity index is 543. The average Bonchev–Trinajstić information content (AvgIpc) is 2.22. The Morgan fingerprint density at radius 2 is 1.87 bits per heavy atom. The molecule has 3 heteroatoms. The first kappa shape index (κ1) is 9.65. The quantitative estimate of drug-likeness (QED) is 0.765. The lowest BCUT2D eigenvalue weighted by molar-refractivity contribution is 0.991. The van der Waals surface area contributed by atoms with Gasteiger partial charge >= 0.3 is 0 Å². The highest BCUT2D eigenvalue weighted by molar-refractivity contribution is 5.63. The summed E-state index contributed by atoms with van der Waals surface area (Å²) in [5, 5.41) is 6.14. The number of aromatic amines is 1. The number of nitrogens with one attached hydrogen (secondary N) is 1. The molecule has 0 spiro atoms. The summed E-state index contributed by atoms with van der Waals surface area (Å²) in [6, 6.07) is 7.66. The van der Waals surface area contributed by atoms with E-state index in [4.69, 9.17) is 0 Å². The first-order chi connectivity index (χ1) is 7.16. The summed E-state index contributed by atoms with van der Waals surface area (Å²) in [6.07, 6.45) is 1.66. The molecule has 15 heavy (non-hydrogen) atoms.